The van der Waals surface area contributed by atoms with Crippen LogP contribution >= 0.6 is 0 Å². The third kappa shape index (κ3) is 2.78. The number of anilines is 1. The van der Waals surface area contributed by atoms with Crippen molar-refractivity contribution in [2.45, 2.75) is 39.2 Å². The van der Waals surface area contributed by atoms with Gasteiger partial charge in [-0.05, 0) is 44.7 Å². The summed E-state index contributed by atoms with van der Waals surface area (Å²) in [7, 11) is 0. The molecule has 1 aliphatic carbocycles. The lowest BCUT2D eigenvalue weighted by atomic mass is 9.96. The number of nitrogens with one attached hydrogen (secondary N) is 1. The maximum atomic E-state index is 4.58. The molecule has 4 nitrogen and oxygen atoms in total. The molecule has 0 amide bonds. The highest BCUT2D eigenvalue weighted by Gasteiger charge is 2.16. The van der Waals surface area contributed by atoms with E-state index in [-0.39, 0.29) is 0 Å². The standard InChI is InChI=1S/C15H20N4/c1-12-17-14-7-3-2-6-13(14)15(18-12)16-8-11-19-9-4-5-10-19/h4-5,9-10H,2-3,6-8,11H2,1H3,(H,16,17,18). The molecule has 0 fully saturated rings. The fraction of sp³-hybridized carbons (Fsp3) is 0.467. The number of aryl methyl sites for hydroxylation is 2. The van der Waals surface area contributed by atoms with Crippen molar-refractivity contribution in [2.75, 3.05) is 11.9 Å². The summed E-state index contributed by atoms with van der Waals surface area (Å²) in [6, 6.07) is 4.10. The minimum absolute atomic E-state index is 0.879. The average Bonchev–Trinajstić information content (AvgIpc) is 2.91. The summed E-state index contributed by atoms with van der Waals surface area (Å²) in [6.45, 7) is 3.84. The van der Waals surface area contributed by atoms with Gasteiger partial charge in [0.05, 0.1) is 0 Å². The Morgan fingerprint density at radius 3 is 2.79 bits per heavy atom. The molecule has 0 bridgehead atoms. The Balaban J connectivity index is 1.71. The van der Waals surface area contributed by atoms with E-state index in [1.807, 2.05) is 6.92 Å². The normalized spacial score (nSPS) is 14.2. The Hall–Kier alpha value is -1.84. The second kappa shape index (κ2) is 5.43. The Kier molecular flexibility index (Phi) is 3.49. The number of rotatable bonds is 4. The van der Waals surface area contributed by atoms with E-state index in [0.29, 0.717) is 0 Å². The lowest BCUT2D eigenvalue weighted by Crippen LogP contribution is -2.16. The lowest BCUT2D eigenvalue weighted by Gasteiger charge is -2.19. The van der Waals surface area contributed by atoms with Gasteiger partial charge in [0, 0.05) is 36.7 Å². The van der Waals surface area contributed by atoms with E-state index in [1.54, 1.807) is 0 Å². The first-order chi connectivity index (χ1) is 9.33. The first-order valence-electron chi connectivity index (χ1n) is 7.04. The average molecular weight is 256 g/mol. The highest BCUT2D eigenvalue weighted by molar-refractivity contribution is 5.47. The van der Waals surface area contributed by atoms with Gasteiger partial charge < -0.3 is 9.88 Å². The zero-order valence-electron chi connectivity index (χ0n) is 11.4. The summed E-state index contributed by atoms with van der Waals surface area (Å²) in [5.74, 6) is 1.93. The molecule has 0 radical (unpaired) electrons. The lowest BCUT2D eigenvalue weighted by molar-refractivity contribution is 0.657. The van der Waals surface area contributed by atoms with Crippen LogP contribution in [0.4, 0.5) is 5.82 Å². The molecule has 0 atom stereocenters. The Bertz CT molecular complexity index is 546. The van der Waals surface area contributed by atoms with Crippen molar-refractivity contribution < 1.29 is 0 Å². The third-order valence-electron chi connectivity index (χ3n) is 3.62. The van der Waals surface area contributed by atoms with Crippen LogP contribution in [0, 0.1) is 6.92 Å². The number of aromatic nitrogens is 3. The van der Waals surface area contributed by atoms with Gasteiger partial charge in [-0.25, -0.2) is 9.97 Å². The fourth-order valence-electron chi connectivity index (χ4n) is 2.69. The van der Waals surface area contributed by atoms with E-state index >= 15 is 0 Å². The van der Waals surface area contributed by atoms with Crippen molar-refractivity contribution in [2.24, 2.45) is 0 Å². The van der Waals surface area contributed by atoms with Crippen molar-refractivity contribution in [1.82, 2.24) is 14.5 Å². The Morgan fingerprint density at radius 2 is 1.95 bits per heavy atom. The molecule has 100 valence electrons. The number of hydrogen-bond donors (Lipinski definition) is 1. The highest BCUT2D eigenvalue weighted by atomic mass is 15.1. The summed E-state index contributed by atoms with van der Waals surface area (Å²) in [4.78, 5) is 9.15. The first kappa shape index (κ1) is 12.2. The molecule has 2 aromatic heterocycles. The summed E-state index contributed by atoms with van der Waals surface area (Å²) < 4.78 is 2.17. The summed E-state index contributed by atoms with van der Waals surface area (Å²) in [5, 5.41) is 3.48. The zero-order valence-corrected chi connectivity index (χ0v) is 11.4. The van der Waals surface area contributed by atoms with E-state index in [4.69, 9.17) is 0 Å². The molecule has 0 saturated heterocycles. The second-order valence-corrected chi connectivity index (χ2v) is 5.10. The molecular weight excluding hydrogens is 236 g/mol. The molecule has 2 heterocycles. The quantitative estimate of drug-likeness (QED) is 0.914. The first-order valence-corrected chi connectivity index (χ1v) is 7.04. The molecule has 0 aromatic carbocycles. The van der Waals surface area contributed by atoms with Gasteiger partial charge in [-0.2, -0.15) is 0 Å². The van der Waals surface area contributed by atoms with Crippen LogP contribution in [-0.2, 0) is 19.4 Å². The van der Waals surface area contributed by atoms with Crippen LogP contribution in [0.15, 0.2) is 24.5 Å². The maximum absolute atomic E-state index is 4.58. The minimum atomic E-state index is 0.879. The van der Waals surface area contributed by atoms with Crippen LogP contribution in [0.1, 0.15) is 29.9 Å². The smallest absolute Gasteiger partial charge is 0.133 e. The van der Waals surface area contributed by atoms with Crippen LogP contribution in [0.25, 0.3) is 0 Å². The second-order valence-electron chi connectivity index (χ2n) is 5.10. The van der Waals surface area contributed by atoms with Crippen molar-refractivity contribution in [3.8, 4) is 0 Å². The third-order valence-corrected chi connectivity index (χ3v) is 3.62. The van der Waals surface area contributed by atoms with E-state index in [0.717, 1.165) is 37.6 Å². The van der Waals surface area contributed by atoms with E-state index in [1.165, 1.54) is 24.1 Å². The van der Waals surface area contributed by atoms with E-state index in [2.05, 4.69) is 44.4 Å². The summed E-state index contributed by atoms with van der Waals surface area (Å²) >= 11 is 0. The molecule has 4 heteroatoms. The van der Waals surface area contributed by atoms with Gasteiger partial charge in [-0.3, -0.25) is 0 Å². The van der Waals surface area contributed by atoms with Gasteiger partial charge in [0.15, 0.2) is 0 Å². The van der Waals surface area contributed by atoms with Crippen molar-refractivity contribution in [3.63, 3.8) is 0 Å². The summed E-state index contributed by atoms with van der Waals surface area (Å²) in [5.41, 5.74) is 2.59. The van der Waals surface area contributed by atoms with Crippen molar-refractivity contribution in [1.29, 1.82) is 0 Å². The monoisotopic (exact) mass is 256 g/mol. The van der Waals surface area contributed by atoms with Crippen LogP contribution in [0.5, 0.6) is 0 Å². The topological polar surface area (TPSA) is 42.7 Å². The zero-order chi connectivity index (χ0) is 13.1. The van der Waals surface area contributed by atoms with Crippen molar-refractivity contribution in [3.05, 3.63) is 41.6 Å². The largest absolute Gasteiger partial charge is 0.368 e. The molecular formula is C15H20N4. The molecule has 1 N–H and O–H groups in total. The molecule has 0 spiro atoms. The molecule has 2 aromatic rings. The van der Waals surface area contributed by atoms with Crippen LogP contribution in [0.3, 0.4) is 0 Å². The van der Waals surface area contributed by atoms with Crippen LogP contribution in [0.2, 0.25) is 0 Å². The molecule has 0 unspecified atom stereocenters. The molecule has 3 rings (SSSR count). The number of fused-ring (bicyclic) bond motifs is 1. The Labute approximate surface area is 113 Å². The van der Waals surface area contributed by atoms with Gasteiger partial charge >= 0.3 is 0 Å². The predicted molar refractivity (Wildman–Crippen MR) is 76.3 cm³/mol. The van der Waals surface area contributed by atoms with Crippen molar-refractivity contribution >= 4 is 5.82 Å². The van der Waals surface area contributed by atoms with Crippen LogP contribution < -0.4 is 5.32 Å². The van der Waals surface area contributed by atoms with Gasteiger partial charge in [-0.1, -0.05) is 0 Å². The van der Waals surface area contributed by atoms with Gasteiger partial charge in [0.1, 0.15) is 11.6 Å². The molecule has 1 aliphatic rings. The van der Waals surface area contributed by atoms with Gasteiger partial charge in [0.2, 0.25) is 0 Å². The van der Waals surface area contributed by atoms with E-state index in [9.17, 15) is 0 Å². The highest BCUT2D eigenvalue weighted by Crippen LogP contribution is 2.25. The van der Waals surface area contributed by atoms with E-state index < -0.39 is 0 Å². The SMILES string of the molecule is Cc1nc2c(c(NCCn3cccc3)n1)CCCC2. The minimum Gasteiger partial charge on any atom is -0.368 e. The summed E-state index contributed by atoms with van der Waals surface area (Å²) in [6.07, 6.45) is 8.90. The predicted octanol–water partition coefficient (Wildman–Crippen LogP) is 2.58. The Morgan fingerprint density at radius 1 is 1.16 bits per heavy atom. The number of nitrogens with zero attached hydrogens (tertiary/aromatic N) is 3. The molecule has 19 heavy (non-hydrogen) atoms. The van der Waals surface area contributed by atoms with Gasteiger partial charge in [-0.15, -0.1) is 0 Å². The molecule has 0 aliphatic heterocycles. The van der Waals surface area contributed by atoms with Crippen LogP contribution in [-0.4, -0.2) is 21.1 Å². The fourth-order valence-corrected chi connectivity index (χ4v) is 2.69. The number of hydrogen-bond acceptors (Lipinski definition) is 3. The maximum Gasteiger partial charge on any atom is 0.133 e. The molecule has 0 saturated carbocycles. The van der Waals surface area contributed by atoms with Gasteiger partial charge in [0.25, 0.3) is 0 Å².